The summed E-state index contributed by atoms with van der Waals surface area (Å²) in [6.07, 6.45) is 2.27. The van der Waals surface area contributed by atoms with E-state index in [4.69, 9.17) is 0 Å². The molecule has 25 heavy (non-hydrogen) atoms. The van der Waals surface area contributed by atoms with Gasteiger partial charge in [0.1, 0.15) is 0 Å². The number of thiophene rings is 1. The lowest BCUT2D eigenvalue weighted by Gasteiger charge is -2.05. The number of rotatable bonds is 5. The quantitative estimate of drug-likeness (QED) is 0.741. The number of carbonyl (C=O) groups is 1. The zero-order chi connectivity index (χ0) is 17.1. The van der Waals surface area contributed by atoms with E-state index in [0.29, 0.717) is 19.4 Å². The second kappa shape index (κ2) is 7.37. The van der Waals surface area contributed by atoms with Gasteiger partial charge in [-0.15, -0.1) is 11.3 Å². The van der Waals surface area contributed by atoms with Crippen molar-refractivity contribution < 1.29 is 4.79 Å². The van der Waals surface area contributed by atoms with Gasteiger partial charge in [0.05, 0.1) is 11.4 Å². The molecule has 6 heteroatoms. The normalized spacial score (nSPS) is 14.2. The fraction of sp³-hybridized carbons (Fsp3) is 0.368. The van der Waals surface area contributed by atoms with Crippen LogP contribution >= 0.6 is 11.3 Å². The predicted molar refractivity (Wildman–Crippen MR) is 101 cm³/mol. The van der Waals surface area contributed by atoms with Crippen molar-refractivity contribution >= 4 is 27.3 Å². The van der Waals surface area contributed by atoms with Crippen molar-refractivity contribution in [2.24, 2.45) is 0 Å². The molecule has 0 aliphatic carbocycles. The largest absolute Gasteiger partial charge is 0.352 e. The molecule has 2 aromatic heterocycles. The van der Waals surface area contributed by atoms with Crippen LogP contribution in [-0.2, 0) is 30.8 Å². The molecule has 1 aliphatic rings. The second-order valence-corrected chi connectivity index (χ2v) is 7.40. The van der Waals surface area contributed by atoms with Gasteiger partial charge in [-0.1, -0.05) is 6.07 Å². The van der Waals surface area contributed by atoms with Crippen LogP contribution in [0.2, 0.25) is 0 Å². The molecule has 0 saturated carbocycles. The van der Waals surface area contributed by atoms with Crippen molar-refractivity contribution in [1.29, 1.82) is 0 Å². The molecule has 0 unspecified atom stereocenters. The van der Waals surface area contributed by atoms with E-state index < -0.39 is 0 Å². The third-order valence-electron chi connectivity index (χ3n) is 4.56. The first-order chi connectivity index (χ1) is 12.3. The molecule has 0 atom stereocenters. The van der Waals surface area contributed by atoms with Crippen molar-refractivity contribution in [2.75, 3.05) is 6.54 Å². The van der Waals surface area contributed by atoms with Gasteiger partial charge in [-0.05, 0) is 53.6 Å². The number of aryl methyl sites for hydroxylation is 2. The summed E-state index contributed by atoms with van der Waals surface area (Å²) in [7, 11) is 0. The Morgan fingerprint density at radius 3 is 3.24 bits per heavy atom. The van der Waals surface area contributed by atoms with Gasteiger partial charge in [-0.25, -0.2) is 0 Å². The molecule has 0 fully saturated rings. The molecule has 0 radical (unpaired) electrons. The average molecular weight is 354 g/mol. The van der Waals surface area contributed by atoms with E-state index in [0.717, 1.165) is 37.3 Å². The topological polar surface area (TPSA) is 59.0 Å². The standard InChI is InChI=1S/C19H22N4OS/c24-19(21-12-14-2-4-18-15(10-14)6-9-25-18)5-3-16-11-17-13-20-7-1-8-23(17)22-16/h2,4,6,9-11,20H,1,3,5,7-8,12-13H2,(H,21,24). The number of hydrogen-bond acceptors (Lipinski definition) is 4. The lowest BCUT2D eigenvalue weighted by molar-refractivity contribution is -0.121. The lowest BCUT2D eigenvalue weighted by Crippen LogP contribution is -2.23. The zero-order valence-electron chi connectivity index (χ0n) is 14.1. The van der Waals surface area contributed by atoms with Crippen molar-refractivity contribution in [2.45, 2.75) is 38.9 Å². The first kappa shape index (κ1) is 16.3. The molecule has 0 spiro atoms. The summed E-state index contributed by atoms with van der Waals surface area (Å²) in [5, 5.41) is 14.4. The summed E-state index contributed by atoms with van der Waals surface area (Å²) < 4.78 is 3.35. The van der Waals surface area contributed by atoms with Gasteiger partial charge in [-0.2, -0.15) is 5.10 Å². The van der Waals surface area contributed by atoms with Gasteiger partial charge in [0.25, 0.3) is 0 Å². The van der Waals surface area contributed by atoms with E-state index in [1.807, 2.05) is 0 Å². The highest BCUT2D eigenvalue weighted by atomic mass is 32.1. The average Bonchev–Trinajstić information content (AvgIpc) is 3.19. The lowest BCUT2D eigenvalue weighted by atomic mass is 10.1. The number of amides is 1. The number of nitrogens with one attached hydrogen (secondary N) is 2. The first-order valence-corrected chi connectivity index (χ1v) is 9.65. The van der Waals surface area contributed by atoms with Gasteiger partial charge in [0.2, 0.25) is 5.91 Å². The Balaban J connectivity index is 1.29. The number of hydrogen-bond donors (Lipinski definition) is 2. The van der Waals surface area contributed by atoms with Crippen molar-refractivity contribution in [3.63, 3.8) is 0 Å². The van der Waals surface area contributed by atoms with Crippen molar-refractivity contribution in [1.82, 2.24) is 20.4 Å². The fourth-order valence-electron chi connectivity index (χ4n) is 3.20. The Labute approximate surface area is 151 Å². The summed E-state index contributed by atoms with van der Waals surface area (Å²) >= 11 is 1.74. The number of nitrogens with zero attached hydrogens (tertiary/aromatic N) is 2. The Kier molecular flexibility index (Phi) is 4.81. The minimum absolute atomic E-state index is 0.0757. The Morgan fingerprint density at radius 1 is 1.32 bits per heavy atom. The molecule has 3 heterocycles. The van der Waals surface area contributed by atoms with Crippen LogP contribution in [0.3, 0.4) is 0 Å². The fourth-order valence-corrected chi connectivity index (χ4v) is 3.97. The molecule has 4 rings (SSSR count). The SMILES string of the molecule is O=C(CCc1cc2n(n1)CCCNC2)NCc1ccc2sccc2c1. The van der Waals surface area contributed by atoms with Crippen molar-refractivity contribution in [3.8, 4) is 0 Å². The van der Waals surface area contributed by atoms with E-state index in [1.165, 1.54) is 15.8 Å². The van der Waals surface area contributed by atoms with E-state index in [9.17, 15) is 4.79 Å². The second-order valence-electron chi connectivity index (χ2n) is 6.45. The maximum atomic E-state index is 12.1. The van der Waals surface area contributed by atoms with Crippen LogP contribution < -0.4 is 10.6 Å². The van der Waals surface area contributed by atoms with Crippen LogP contribution in [0.4, 0.5) is 0 Å². The molecule has 5 nitrogen and oxygen atoms in total. The summed E-state index contributed by atoms with van der Waals surface area (Å²) in [4.78, 5) is 12.1. The van der Waals surface area contributed by atoms with Crippen LogP contribution in [0, 0.1) is 0 Å². The van der Waals surface area contributed by atoms with Crippen molar-refractivity contribution in [3.05, 3.63) is 52.7 Å². The van der Waals surface area contributed by atoms with Gasteiger partial charge >= 0.3 is 0 Å². The highest BCUT2D eigenvalue weighted by Gasteiger charge is 2.12. The highest BCUT2D eigenvalue weighted by Crippen LogP contribution is 2.21. The minimum Gasteiger partial charge on any atom is -0.352 e. The van der Waals surface area contributed by atoms with Gasteiger partial charge in [0, 0.05) is 37.2 Å². The Bertz CT molecular complexity index is 859. The van der Waals surface area contributed by atoms with E-state index >= 15 is 0 Å². The molecule has 0 bridgehead atoms. The van der Waals surface area contributed by atoms with Crippen LogP contribution in [0.25, 0.3) is 10.1 Å². The van der Waals surface area contributed by atoms with Crippen LogP contribution in [-0.4, -0.2) is 22.2 Å². The minimum atomic E-state index is 0.0757. The van der Waals surface area contributed by atoms with E-state index in [1.54, 1.807) is 11.3 Å². The van der Waals surface area contributed by atoms with Crippen LogP contribution in [0.15, 0.2) is 35.7 Å². The van der Waals surface area contributed by atoms with Gasteiger partial charge in [0.15, 0.2) is 0 Å². The molecular formula is C19H22N4OS. The first-order valence-electron chi connectivity index (χ1n) is 8.77. The Morgan fingerprint density at radius 2 is 2.28 bits per heavy atom. The molecule has 1 amide bonds. The molecule has 130 valence electrons. The van der Waals surface area contributed by atoms with Gasteiger partial charge in [-0.3, -0.25) is 9.48 Å². The monoisotopic (exact) mass is 354 g/mol. The number of carbonyl (C=O) groups excluding carboxylic acids is 1. The maximum Gasteiger partial charge on any atom is 0.220 e. The third kappa shape index (κ3) is 3.91. The summed E-state index contributed by atoms with van der Waals surface area (Å²) in [5.74, 6) is 0.0757. The summed E-state index contributed by atoms with van der Waals surface area (Å²) in [5.41, 5.74) is 3.37. The van der Waals surface area contributed by atoms with E-state index in [2.05, 4.69) is 56.1 Å². The number of aromatic nitrogens is 2. The molecule has 3 aromatic rings. The van der Waals surface area contributed by atoms with Crippen LogP contribution in [0.5, 0.6) is 0 Å². The summed E-state index contributed by atoms with van der Waals surface area (Å²) in [6, 6.07) is 10.6. The third-order valence-corrected chi connectivity index (χ3v) is 5.46. The number of benzene rings is 1. The molecular weight excluding hydrogens is 332 g/mol. The van der Waals surface area contributed by atoms with Gasteiger partial charge < -0.3 is 10.6 Å². The summed E-state index contributed by atoms with van der Waals surface area (Å²) in [6.45, 7) is 3.44. The Hall–Kier alpha value is -2.18. The molecule has 0 saturated heterocycles. The van der Waals surface area contributed by atoms with E-state index in [-0.39, 0.29) is 5.91 Å². The maximum absolute atomic E-state index is 12.1. The smallest absolute Gasteiger partial charge is 0.220 e. The zero-order valence-corrected chi connectivity index (χ0v) is 14.9. The van der Waals surface area contributed by atoms with Crippen LogP contribution in [0.1, 0.15) is 29.8 Å². The molecule has 1 aromatic carbocycles. The predicted octanol–water partition coefficient (Wildman–Crippen LogP) is 2.84. The molecule has 2 N–H and O–H groups in total. The number of fused-ring (bicyclic) bond motifs is 2. The highest BCUT2D eigenvalue weighted by molar-refractivity contribution is 7.17. The molecule has 1 aliphatic heterocycles.